The number of ether oxygens (including phenoxy) is 1. The number of hydrogen-bond acceptors (Lipinski definition) is 2. The van der Waals surface area contributed by atoms with E-state index in [1.807, 2.05) is 26.0 Å². The minimum atomic E-state index is -0.739. The van der Waals surface area contributed by atoms with Gasteiger partial charge in [-0.1, -0.05) is 24.3 Å². The molecule has 0 amide bonds. The Bertz CT molecular complexity index is 359. The first-order valence-corrected chi connectivity index (χ1v) is 5.34. The predicted molar refractivity (Wildman–Crippen MR) is 60.0 cm³/mol. The summed E-state index contributed by atoms with van der Waals surface area (Å²) in [6.07, 6.45) is 0. The Hall–Kier alpha value is -0.860. The summed E-state index contributed by atoms with van der Waals surface area (Å²) in [5, 5.41) is 10.3. The molecule has 1 N–H and O–H groups in total. The number of benzene rings is 1. The molecule has 0 atom stereocenters. The van der Waals surface area contributed by atoms with Crippen LogP contribution < -0.4 is 0 Å². The van der Waals surface area contributed by atoms with Crippen molar-refractivity contribution in [3.05, 3.63) is 35.4 Å². The van der Waals surface area contributed by atoms with Crippen molar-refractivity contribution in [2.45, 2.75) is 31.8 Å². The molecular weight excluding hydrogens is 188 g/mol. The van der Waals surface area contributed by atoms with Crippen LogP contribution in [0, 0.1) is 6.92 Å². The summed E-state index contributed by atoms with van der Waals surface area (Å²) in [5.74, 6) is 0. The monoisotopic (exact) mass is 206 g/mol. The van der Waals surface area contributed by atoms with E-state index in [1.165, 1.54) is 11.1 Å². The van der Waals surface area contributed by atoms with E-state index in [0.717, 1.165) is 0 Å². The van der Waals surface area contributed by atoms with Gasteiger partial charge in [-0.25, -0.2) is 0 Å². The molecule has 1 aliphatic rings. The second-order valence-electron chi connectivity index (χ2n) is 4.95. The van der Waals surface area contributed by atoms with E-state index in [-0.39, 0.29) is 5.41 Å². The van der Waals surface area contributed by atoms with Gasteiger partial charge in [0.05, 0.1) is 24.2 Å². The summed E-state index contributed by atoms with van der Waals surface area (Å²) in [6.45, 7) is 7.04. The standard InChI is InChI=1S/C13H18O2/c1-10-6-4-5-7-11(10)13(8-15-9-13)12(2,3)14/h4-7,14H,8-9H2,1-3H3. The molecule has 1 saturated heterocycles. The fourth-order valence-corrected chi connectivity index (χ4v) is 2.25. The molecule has 0 bridgehead atoms. The molecular formula is C13H18O2. The van der Waals surface area contributed by atoms with Gasteiger partial charge >= 0.3 is 0 Å². The summed E-state index contributed by atoms with van der Waals surface area (Å²) < 4.78 is 5.31. The van der Waals surface area contributed by atoms with E-state index in [4.69, 9.17) is 4.74 Å². The van der Waals surface area contributed by atoms with E-state index in [9.17, 15) is 5.11 Å². The van der Waals surface area contributed by atoms with Gasteiger partial charge in [0.25, 0.3) is 0 Å². The van der Waals surface area contributed by atoms with Crippen LogP contribution >= 0.6 is 0 Å². The first-order valence-electron chi connectivity index (χ1n) is 5.34. The van der Waals surface area contributed by atoms with Crippen molar-refractivity contribution in [2.24, 2.45) is 0 Å². The SMILES string of the molecule is Cc1ccccc1C1(C(C)(C)O)COC1. The molecule has 2 heteroatoms. The molecule has 2 rings (SSSR count). The molecule has 82 valence electrons. The van der Waals surface area contributed by atoms with Crippen LogP contribution in [0.5, 0.6) is 0 Å². The summed E-state index contributed by atoms with van der Waals surface area (Å²) in [6, 6.07) is 8.22. The van der Waals surface area contributed by atoms with Crippen LogP contribution in [0.25, 0.3) is 0 Å². The minimum Gasteiger partial charge on any atom is -0.389 e. The largest absolute Gasteiger partial charge is 0.389 e. The van der Waals surface area contributed by atoms with Crippen molar-refractivity contribution in [3.63, 3.8) is 0 Å². The van der Waals surface area contributed by atoms with Gasteiger partial charge in [0.1, 0.15) is 0 Å². The zero-order valence-electron chi connectivity index (χ0n) is 9.58. The van der Waals surface area contributed by atoms with Crippen LogP contribution in [0.2, 0.25) is 0 Å². The lowest BCUT2D eigenvalue weighted by Gasteiger charge is -2.50. The highest BCUT2D eigenvalue weighted by molar-refractivity contribution is 5.38. The van der Waals surface area contributed by atoms with Crippen molar-refractivity contribution < 1.29 is 9.84 Å². The van der Waals surface area contributed by atoms with Crippen molar-refractivity contribution in [1.29, 1.82) is 0 Å². The Morgan fingerprint density at radius 1 is 1.27 bits per heavy atom. The van der Waals surface area contributed by atoms with Gasteiger partial charge in [-0.2, -0.15) is 0 Å². The molecule has 1 heterocycles. The van der Waals surface area contributed by atoms with Crippen LogP contribution in [-0.4, -0.2) is 23.9 Å². The molecule has 1 aliphatic heterocycles. The van der Waals surface area contributed by atoms with Gasteiger partial charge in [0, 0.05) is 0 Å². The minimum absolute atomic E-state index is 0.224. The lowest BCUT2D eigenvalue weighted by Crippen LogP contribution is -2.60. The quantitative estimate of drug-likeness (QED) is 0.802. The topological polar surface area (TPSA) is 29.5 Å². The molecule has 0 saturated carbocycles. The molecule has 0 radical (unpaired) electrons. The zero-order valence-corrected chi connectivity index (χ0v) is 9.58. The highest BCUT2D eigenvalue weighted by atomic mass is 16.5. The van der Waals surface area contributed by atoms with Crippen LogP contribution in [0.1, 0.15) is 25.0 Å². The Morgan fingerprint density at radius 2 is 1.87 bits per heavy atom. The summed E-state index contributed by atoms with van der Waals surface area (Å²) in [7, 11) is 0. The Balaban J connectivity index is 2.48. The van der Waals surface area contributed by atoms with Gasteiger partial charge in [-0.15, -0.1) is 0 Å². The van der Waals surface area contributed by atoms with Crippen LogP contribution in [0.3, 0.4) is 0 Å². The van der Waals surface area contributed by atoms with E-state index >= 15 is 0 Å². The zero-order chi connectivity index (χ0) is 11.1. The van der Waals surface area contributed by atoms with Gasteiger partial charge in [0.2, 0.25) is 0 Å². The second kappa shape index (κ2) is 3.32. The maximum Gasteiger partial charge on any atom is 0.0732 e. The molecule has 2 nitrogen and oxygen atoms in total. The maximum atomic E-state index is 10.3. The van der Waals surface area contributed by atoms with Crippen LogP contribution in [0.15, 0.2) is 24.3 Å². The molecule has 0 unspecified atom stereocenters. The smallest absolute Gasteiger partial charge is 0.0732 e. The molecule has 0 spiro atoms. The average Bonchev–Trinajstić information content (AvgIpc) is 2.03. The number of aliphatic hydroxyl groups is 1. The summed E-state index contributed by atoms with van der Waals surface area (Å²) >= 11 is 0. The molecule has 0 aromatic heterocycles. The molecule has 0 aliphatic carbocycles. The highest BCUT2D eigenvalue weighted by Gasteiger charge is 2.51. The van der Waals surface area contributed by atoms with Crippen LogP contribution in [0.4, 0.5) is 0 Å². The number of rotatable bonds is 2. The van der Waals surface area contributed by atoms with Gasteiger partial charge in [-0.05, 0) is 31.9 Å². The van der Waals surface area contributed by atoms with Crippen molar-refractivity contribution in [2.75, 3.05) is 13.2 Å². The number of aryl methyl sites for hydroxylation is 1. The lowest BCUT2D eigenvalue weighted by molar-refractivity contribution is -0.157. The van der Waals surface area contributed by atoms with E-state index < -0.39 is 5.60 Å². The molecule has 1 fully saturated rings. The fraction of sp³-hybridized carbons (Fsp3) is 0.538. The first kappa shape index (κ1) is 10.7. The Morgan fingerprint density at radius 3 is 2.27 bits per heavy atom. The van der Waals surface area contributed by atoms with Crippen molar-refractivity contribution in [1.82, 2.24) is 0 Å². The third-order valence-electron chi connectivity index (χ3n) is 3.53. The molecule has 1 aromatic rings. The predicted octanol–water partition coefficient (Wildman–Crippen LogP) is 2.03. The lowest BCUT2D eigenvalue weighted by atomic mass is 9.66. The van der Waals surface area contributed by atoms with Crippen molar-refractivity contribution >= 4 is 0 Å². The van der Waals surface area contributed by atoms with E-state index in [2.05, 4.69) is 19.1 Å². The maximum absolute atomic E-state index is 10.3. The van der Waals surface area contributed by atoms with Gasteiger partial charge in [0.15, 0.2) is 0 Å². The first-order chi connectivity index (χ1) is 6.97. The molecule has 1 aromatic carbocycles. The number of hydrogen-bond donors (Lipinski definition) is 1. The molecule has 15 heavy (non-hydrogen) atoms. The highest BCUT2D eigenvalue weighted by Crippen LogP contribution is 2.42. The second-order valence-corrected chi connectivity index (χ2v) is 4.95. The summed E-state index contributed by atoms with van der Waals surface area (Å²) in [4.78, 5) is 0. The Kier molecular flexibility index (Phi) is 2.36. The van der Waals surface area contributed by atoms with E-state index in [1.54, 1.807) is 0 Å². The van der Waals surface area contributed by atoms with Gasteiger partial charge in [-0.3, -0.25) is 0 Å². The Labute approximate surface area is 90.9 Å². The average molecular weight is 206 g/mol. The third kappa shape index (κ3) is 1.48. The van der Waals surface area contributed by atoms with Gasteiger partial charge < -0.3 is 9.84 Å². The summed E-state index contributed by atoms with van der Waals surface area (Å²) in [5.41, 5.74) is 1.47. The van der Waals surface area contributed by atoms with E-state index in [0.29, 0.717) is 13.2 Å². The third-order valence-corrected chi connectivity index (χ3v) is 3.53. The normalized spacial score (nSPS) is 19.7. The fourth-order valence-electron chi connectivity index (χ4n) is 2.25. The van der Waals surface area contributed by atoms with Crippen LogP contribution in [-0.2, 0) is 10.2 Å². The van der Waals surface area contributed by atoms with Crippen molar-refractivity contribution in [3.8, 4) is 0 Å².